The normalized spacial score (nSPS) is 11.6. The first-order chi connectivity index (χ1) is 11.8. The van der Waals surface area contributed by atoms with E-state index in [9.17, 15) is 9.18 Å². The van der Waals surface area contributed by atoms with Crippen LogP contribution in [-0.2, 0) is 12.6 Å². The molecule has 1 aromatic carbocycles. The molecule has 1 amide bonds. The zero-order chi connectivity index (χ0) is 18.2. The fraction of sp³-hybridized carbons (Fsp3) is 0.278. The second-order valence-corrected chi connectivity index (χ2v) is 6.80. The maximum Gasteiger partial charge on any atom is 0.277 e. The predicted molar refractivity (Wildman–Crippen MR) is 93.8 cm³/mol. The Bertz CT molecular complexity index is 902. The van der Waals surface area contributed by atoms with E-state index in [1.807, 2.05) is 20.8 Å². The van der Waals surface area contributed by atoms with Gasteiger partial charge in [-0.1, -0.05) is 0 Å². The fourth-order valence-corrected chi connectivity index (χ4v) is 2.58. The number of anilines is 1. The zero-order valence-electron chi connectivity index (χ0n) is 14.6. The Morgan fingerprint density at radius 1 is 1.16 bits per heavy atom. The van der Waals surface area contributed by atoms with Gasteiger partial charge in [0, 0.05) is 13.1 Å². The van der Waals surface area contributed by atoms with E-state index in [1.54, 1.807) is 46.9 Å². The van der Waals surface area contributed by atoms with Gasteiger partial charge in [0.1, 0.15) is 11.6 Å². The van der Waals surface area contributed by atoms with Gasteiger partial charge in [0.25, 0.3) is 5.91 Å². The third-order valence-electron chi connectivity index (χ3n) is 3.77. The Labute approximate surface area is 145 Å². The Morgan fingerprint density at radius 2 is 1.84 bits per heavy atom. The van der Waals surface area contributed by atoms with Crippen LogP contribution >= 0.6 is 0 Å². The molecule has 0 radical (unpaired) electrons. The number of hydrogen-bond donors (Lipinski definition) is 1. The number of carbonyl (C=O) groups is 1. The van der Waals surface area contributed by atoms with Crippen molar-refractivity contribution >= 4 is 11.7 Å². The monoisotopic (exact) mass is 341 g/mol. The average Bonchev–Trinajstić information content (AvgIpc) is 3.14. The van der Waals surface area contributed by atoms with Gasteiger partial charge in [0.05, 0.1) is 17.4 Å². The summed E-state index contributed by atoms with van der Waals surface area (Å²) in [5.41, 5.74) is 1.54. The minimum absolute atomic E-state index is 0.254. The van der Waals surface area contributed by atoms with Crippen LogP contribution in [-0.4, -0.2) is 25.5 Å². The highest BCUT2D eigenvalue weighted by Gasteiger charge is 2.20. The molecule has 3 rings (SSSR count). The number of halogens is 1. The molecule has 25 heavy (non-hydrogen) atoms. The van der Waals surface area contributed by atoms with Gasteiger partial charge in [-0.15, -0.1) is 0 Å². The summed E-state index contributed by atoms with van der Waals surface area (Å²) in [4.78, 5) is 12.6. The van der Waals surface area contributed by atoms with E-state index in [0.29, 0.717) is 5.82 Å². The van der Waals surface area contributed by atoms with Gasteiger partial charge in [-0.05, 0) is 56.7 Å². The maximum atomic E-state index is 13.1. The standard InChI is InChI=1S/C18H20FN5O/c1-18(2,3)24-16(9-10-20-24)21-17(25)14-11-15(23(4)22-14)12-5-7-13(19)8-6-12/h5-11H,1-4H3,(H,21,25). The SMILES string of the molecule is Cn1nc(C(=O)Nc2ccnn2C(C)(C)C)cc1-c1ccc(F)cc1. The van der Waals surface area contributed by atoms with Gasteiger partial charge in [-0.2, -0.15) is 10.2 Å². The van der Waals surface area contributed by atoms with Crippen molar-refractivity contribution in [2.24, 2.45) is 7.05 Å². The molecular weight excluding hydrogens is 321 g/mol. The molecular formula is C18H20FN5O. The van der Waals surface area contributed by atoms with E-state index < -0.39 is 0 Å². The molecule has 0 fully saturated rings. The van der Waals surface area contributed by atoms with Crippen molar-refractivity contribution in [1.82, 2.24) is 19.6 Å². The summed E-state index contributed by atoms with van der Waals surface area (Å²) in [5.74, 6) is -0.0271. The van der Waals surface area contributed by atoms with Crippen LogP contribution in [0.3, 0.4) is 0 Å². The Kier molecular flexibility index (Phi) is 4.16. The van der Waals surface area contributed by atoms with E-state index in [-0.39, 0.29) is 23.0 Å². The number of nitrogens with zero attached hydrogens (tertiary/aromatic N) is 4. The lowest BCUT2D eigenvalue weighted by atomic mass is 10.1. The van der Waals surface area contributed by atoms with Crippen molar-refractivity contribution in [1.29, 1.82) is 0 Å². The van der Waals surface area contributed by atoms with Crippen LogP contribution < -0.4 is 5.32 Å². The molecule has 0 saturated heterocycles. The topological polar surface area (TPSA) is 64.7 Å². The summed E-state index contributed by atoms with van der Waals surface area (Å²) >= 11 is 0. The first-order valence-corrected chi connectivity index (χ1v) is 7.91. The summed E-state index contributed by atoms with van der Waals surface area (Å²) in [6, 6.07) is 9.49. The lowest BCUT2D eigenvalue weighted by molar-refractivity contribution is 0.102. The lowest BCUT2D eigenvalue weighted by Crippen LogP contribution is -2.26. The molecule has 2 heterocycles. The van der Waals surface area contributed by atoms with Crippen LogP contribution in [0.5, 0.6) is 0 Å². The van der Waals surface area contributed by atoms with Gasteiger partial charge < -0.3 is 5.32 Å². The van der Waals surface area contributed by atoms with Crippen LogP contribution in [0.2, 0.25) is 0 Å². The molecule has 7 heteroatoms. The minimum atomic E-state index is -0.324. The molecule has 0 aliphatic carbocycles. The number of carbonyl (C=O) groups excluding carboxylic acids is 1. The van der Waals surface area contributed by atoms with Crippen LogP contribution in [0.4, 0.5) is 10.2 Å². The van der Waals surface area contributed by atoms with Gasteiger partial charge in [0.15, 0.2) is 5.69 Å². The van der Waals surface area contributed by atoms with Gasteiger partial charge in [0.2, 0.25) is 0 Å². The third kappa shape index (κ3) is 3.45. The molecule has 0 bridgehead atoms. The van der Waals surface area contributed by atoms with E-state index in [2.05, 4.69) is 15.5 Å². The van der Waals surface area contributed by atoms with Crippen LogP contribution in [0.1, 0.15) is 31.3 Å². The molecule has 0 aliphatic heterocycles. The van der Waals surface area contributed by atoms with Crippen molar-refractivity contribution < 1.29 is 9.18 Å². The number of hydrogen-bond acceptors (Lipinski definition) is 3. The van der Waals surface area contributed by atoms with E-state index >= 15 is 0 Å². The highest BCUT2D eigenvalue weighted by Crippen LogP contribution is 2.22. The first-order valence-electron chi connectivity index (χ1n) is 7.91. The minimum Gasteiger partial charge on any atom is -0.305 e. The van der Waals surface area contributed by atoms with E-state index in [0.717, 1.165) is 11.3 Å². The largest absolute Gasteiger partial charge is 0.305 e. The molecule has 1 N–H and O–H groups in total. The maximum absolute atomic E-state index is 13.1. The second-order valence-electron chi connectivity index (χ2n) is 6.80. The predicted octanol–water partition coefficient (Wildman–Crippen LogP) is 3.43. The third-order valence-corrected chi connectivity index (χ3v) is 3.77. The molecule has 0 unspecified atom stereocenters. The fourth-order valence-electron chi connectivity index (χ4n) is 2.58. The van der Waals surface area contributed by atoms with Crippen LogP contribution in [0, 0.1) is 5.82 Å². The Balaban J connectivity index is 1.86. The molecule has 0 saturated carbocycles. The van der Waals surface area contributed by atoms with Crippen molar-refractivity contribution in [2.45, 2.75) is 26.3 Å². The molecule has 130 valence electrons. The van der Waals surface area contributed by atoms with E-state index in [1.165, 1.54) is 12.1 Å². The summed E-state index contributed by atoms with van der Waals surface area (Å²) in [5, 5.41) is 11.4. The van der Waals surface area contributed by atoms with Gasteiger partial charge in [-0.3, -0.25) is 9.48 Å². The zero-order valence-corrected chi connectivity index (χ0v) is 14.6. The second kappa shape index (κ2) is 6.16. The smallest absolute Gasteiger partial charge is 0.277 e. The molecule has 0 atom stereocenters. The van der Waals surface area contributed by atoms with Gasteiger partial charge >= 0.3 is 0 Å². The molecule has 0 spiro atoms. The first kappa shape index (κ1) is 16.9. The highest BCUT2D eigenvalue weighted by molar-refractivity contribution is 6.03. The number of nitrogens with one attached hydrogen (secondary N) is 1. The number of amides is 1. The highest BCUT2D eigenvalue weighted by atomic mass is 19.1. The quantitative estimate of drug-likeness (QED) is 0.794. The summed E-state index contributed by atoms with van der Waals surface area (Å²) in [6.07, 6.45) is 1.64. The van der Waals surface area contributed by atoms with Crippen molar-refractivity contribution in [3.05, 3.63) is 54.1 Å². The van der Waals surface area contributed by atoms with Gasteiger partial charge in [-0.25, -0.2) is 9.07 Å². The van der Waals surface area contributed by atoms with Crippen molar-refractivity contribution in [3.63, 3.8) is 0 Å². The van der Waals surface area contributed by atoms with Crippen molar-refractivity contribution in [3.8, 4) is 11.3 Å². The molecule has 0 aliphatic rings. The summed E-state index contributed by atoms with van der Waals surface area (Å²) in [7, 11) is 1.74. The lowest BCUT2D eigenvalue weighted by Gasteiger charge is -2.22. The molecule has 2 aromatic heterocycles. The number of rotatable bonds is 3. The number of aromatic nitrogens is 4. The number of aryl methyl sites for hydroxylation is 1. The summed E-state index contributed by atoms with van der Waals surface area (Å²) in [6.45, 7) is 6.01. The molecule has 3 aromatic rings. The van der Waals surface area contributed by atoms with Crippen LogP contribution in [0.25, 0.3) is 11.3 Å². The van der Waals surface area contributed by atoms with Crippen LogP contribution in [0.15, 0.2) is 42.6 Å². The Hall–Kier alpha value is -2.96. The average molecular weight is 341 g/mol. The Morgan fingerprint density at radius 3 is 2.48 bits per heavy atom. The number of benzene rings is 1. The molecule has 6 nitrogen and oxygen atoms in total. The van der Waals surface area contributed by atoms with Crippen molar-refractivity contribution in [2.75, 3.05) is 5.32 Å². The summed E-state index contributed by atoms with van der Waals surface area (Å²) < 4.78 is 16.4. The van der Waals surface area contributed by atoms with E-state index in [4.69, 9.17) is 0 Å².